The van der Waals surface area contributed by atoms with E-state index in [0.717, 1.165) is 0 Å². The van der Waals surface area contributed by atoms with Gasteiger partial charge >= 0.3 is 0 Å². The maximum absolute atomic E-state index is 13.3. The average molecular weight is 358 g/mol. The molecular weight excluding hydrogens is 339 g/mol. The number of carbonyl (C=O) groups is 2. The predicted octanol–water partition coefficient (Wildman–Crippen LogP) is 2.13. The van der Waals surface area contributed by atoms with E-state index in [0.29, 0.717) is 23.7 Å². The number of ether oxygens (including phenoxy) is 2. The fourth-order valence-electron chi connectivity index (χ4n) is 2.85. The highest BCUT2D eigenvalue weighted by atomic mass is 19.1. The molecule has 1 heterocycles. The van der Waals surface area contributed by atoms with Crippen molar-refractivity contribution in [3.63, 3.8) is 0 Å². The molecule has 1 atom stereocenters. The van der Waals surface area contributed by atoms with Crippen LogP contribution in [0.15, 0.2) is 48.5 Å². The summed E-state index contributed by atoms with van der Waals surface area (Å²) in [6, 6.07) is 12.5. The predicted molar refractivity (Wildman–Crippen MR) is 93.8 cm³/mol. The van der Waals surface area contributed by atoms with Crippen LogP contribution in [-0.2, 0) is 9.59 Å². The lowest BCUT2D eigenvalue weighted by molar-refractivity contribution is -0.123. The molecular formula is C19H19FN2O4. The second-order valence-corrected chi connectivity index (χ2v) is 5.89. The van der Waals surface area contributed by atoms with E-state index in [-0.39, 0.29) is 30.9 Å². The summed E-state index contributed by atoms with van der Waals surface area (Å²) in [5.41, 5.74) is 0.483. The number of methoxy groups -OCH3 is 1. The molecule has 0 aromatic heterocycles. The molecule has 0 bridgehead atoms. The molecule has 3 rings (SSSR count). The van der Waals surface area contributed by atoms with Crippen molar-refractivity contribution in [2.75, 3.05) is 25.2 Å². The Morgan fingerprint density at radius 2 is 2.00 bits per heavy atom. The zero-order chi connectivity index (χ0) is 18.5. The van der Waals surface area contributed by atoms with Gasteiger partial charge < -0.3 is 19.7 Å². The summed E-state index contributed by atoms with van der Waals surface area (Å²) in [5.74, 6) is 0.0944. The molecule has 2 aromatic rings. The summed E-state index contributed by atoms with van der Waals surface area (Å²) in [6.45, 7) is 0.105. The molecule has 0 saturated carbocycles. The first-order valence-corrected chi connectivity index (χ1v) is 8.18. The molecule has 26 heavy (non-hydrogen) atoms. The van der Waals surface area contributed by atoms with Gasteiger partial charge in [-0.1, -0.05) is 18.2 Å². The first-order chi connectivity index (χ1) is 12.6. The van der Waals surface area contributed by atoms with E-state index in [9.17, 15) is 14.0 Å². The van der Waals surface area contributed by atoms with E-state index in [2.05, 4.69) is 5.32 Å². The maximum Gasteiger partial charge on any atom is 0.258 e. The van der Waals surface area contributed by atoms with Crippen molar-refractivity contribution in [2.45, 2.75) is 12.5 Å². The van der Waals surface area contributed by atoms with Crippen LogP contribution in [0.5, 0.6) is 11.5 Å². The van der Waals surface area contributed by atoms with Gasteiger partial charge in [0, 0.05) is 18.7 Å². The van der Waals surface area contributed by atoms with Crippen molar-refractivity contribution in [2.24, 2.45) is 0 Å². The molecule has 1 saturated heterocycles. The number of hydrogen-bond acceptors (Lipinski definition) is 4. The summed E-state index contributed by atoms with van der Waals surface area (Å²) < 4.78 is 24.0. The summed E-state index contributed by atoms with van der Waals surface area (Å²) in [7, 11) is 1.52. The second-order valence-electron chi connectivity index (χ2n) is 5.89. The normalized spacial score (nSPS) is 16.5. The van der Waals surface area contributed by atoms with Crippen LogP contribution in [0.1, 0.15) is 6.42 Å². The van der Waals surface area contributed by atoms with Crippen molar-refractivity contribution >= 4 is 17.5 Å². The lowest BCUT2D eigenvalue weighted by Crippen LogP contribution is -2.39. The SMILES string of the molecule is COc1ccccc1OCC(=O)N[C@H]1CC(=O)N(c2cccc(F)c2)C1. The molecule has 136 valence electrons. The highest BCUT2D eigenvalue weighted by molar-refractivity contribution is 5.96. The maximum atomic E-state index is 13.3. The Morgan fingerprint density at radius 1 is 1.23 bits per heavy atom. The number of anilines is 1. The summed E-state index contributed by atoms with van der Waals surface area (Å²) >= 11 is 0. The monoisotopic (exact) mass is 358 g/mol. The van der Waals surface area contributed by atoms with E-state index < -0.39 is 5.82 Å². The molecule has 0 spiro atoms. The second kappa shape index (κ2) is 7.86. The molecule has 1 fully saturated rings. The Bertz CT molecular complexity index is 812. The Kier molecular flexibility index (Phi) is 5.36. The molecule has 2 aromatic carbocycles. The number of nitrogens with zero attached hydrogens (tertiary/aromatic N) is 1. The molecule has 0 unspecified atom stereocenters. The van der Waals surface area contributed by atoms with Crippen LogP contribution in [0.3, 0.4) is 0 Å². The molecule has 0 aliphatic carbocycles. The molecule has 6 nitrogen and oxygen atoms in total. The number of nitrogens with one attached hydrogen (secondary N) is 1. The number of halogens is 1. The number of amides is 2. The van der Waals surface area contributed by atoms with Crippen molar-refractivity contribution in [1.29, 1.82) is 0 Å². The van der Waals surface area contributed by atoms with Crippen LogP contribution in [-0.4, -0.2) is 38.1 Å². The molecule has 2 amide bonds. The van der Waals surface area contributed by atoms with Gasteiger partial charge in [-0.15, -0.1) is 0 Å². The van der Waals surface area contributed by atoms with Crippen LogP contribution in [0.2, 0.25) is 0 Å². The summed E-state index contributed by atoms with van der Waals surface area (Å²) in [6.07, 6.45) is 0.164. The van der Waals surface area contributed by atoms with Crippen molar-refractivity contribution in [3.8, 4) is 11.5 Å². The lowest BCUT2D eigenvalue weighted by atomic mass is 10.2. The van der Waals surface area contributed by atoms with E-state index in [4.69, 9.17) is 9.47 Å². The number of hydrogen-bond donors (Lipinski definition) is 1. The van der Waals surface area contributed by atoms with E-state index >= 15 is 0 Å². The van der Waals surface area contributed by atoms with Gasteiger partial charge in [0.1, 0.15) is 5.82 Å². The van der Waals surface area contributed by atoms with Crippen LogP contribution in [0.4, 0.5) is 10.1 Å². The lowest BCUT2D eigenvalue weighted by Gasteiger charge is -2.17. The fraction of sp³-hybridized carbons (Fsp3) is 0.263. The first kappa shape index (κ1) is 17.7. The Hall–Kier alpha value is -3.09. The molecule has 0 radical (unpaired) electrons. The highest BCUT2D eigenvalue weighted by Crippen LogP contribution is 2.26. The Labute approximate surface area is 150 Å². The van der Waals surface area contributed by atoms with Gasteiger partial charge in [0.15, 0.2) is 18.1 Å². The van der Waals surface area contributed by atoms with Crippen molar-refractivity contribution in [3.05, 3.63) is 54.3 Å². The van der Waals surface area contributed by atoms with Gasteiger partial charge in [-0.05, 0) is 30.3 Å². The zero-order valence-corrected chi connectivity index (χ0v) is 14.3. The Balaban J connectivity index is 1.54. The smallest absolute Gasteiger partial charge is 0.258 e. The van der Waals surface area contributed by atoms with Crippen molar-refractivity contribution in [1.82, 2.24) is 5.32 Å². The first-order valence-electron chi connectivity index (χ1n) is 8.18. The van der Waals surface area contributed by atoms with Crippen molar-refractivity contribution < 1.29 is 23.5 Å². The number of para-hydroxylation sites is 2. The van der Waals surface area contributed by atoms with Gasteiger partial charge in [-0.3, -0.25) is 9.59 Å². The highest BCUT2D eigenvalue weighted by Gasteiger charge is 2.31. The van der Waals surface area contributed by atoms with Gasteiger partial charge in [0.2, 0.25) is 5.91 Å². The van der Waals surface area contributed by atoms with Gasteiger partial charge in [0.25, 0.3) is 5.91 Å². The zero-order valence-electron chi connectivity index (χ0n) is 14.3. The number of carbonyl (C=O) groups excluding carboxylic acids is 2. The van der Waals surface area contributed by atoms with Crippen LogP contribution in [0, 0.1) is 5.82 Å². The number of rotatable bonds is 6. The fourth-order valence-corrected chi connectivity index (χ4v) is 2.85. The standard InChI is InChI=1S/C19H19FN2O4/c1-25-16-7-2-3-8-17(16)26-12-18(23)21-14-10-19(24)22(11-14)15-6-4-5-13(20)9-15/h2-9,14H,10-12H2,1H3,(H,21,23)/t14-/m0/s1. The van der Waals surface area contributed by atoms with Crippen LogP contribution >= 0.6 is 0 Å². The minimum absolute atomic E-state index is 0.161. The summed E-state index contributed by atoms with van der Waals surface area (Å²) in [4.78, 5) is 25.7. The van der Waals surface area contributed by atoms with Crippen LogP contribution < -0.4 is 19.7 Å². The molecule has 1 aliphatic heterocycles. The quantitative estimate of drug-likeness (QED) is 0.859. The minimum Gasteiger partial charge on any atom is -0.493 e. The minimum atomic E-state index is -0.409. The van der Waals surface area contributed by atoms with E-state index in [1.54, 1.807) is 36.4 Å². The van der Waals surface area contributed by atoms with Crippen LogP contribution in [0.25, 0.3) is 0 Å². The largest absolute Gasteiger partial charge is 0.493 e. The Morgan fingerprint density at radius 3 is 2.73 bits per heavy atom. The van der Waals surface area contributed by atoms with E-state index in [1.807, 2.05) is 0 Å². The molecule has 7 heteroatoms. The third-order valence-corrected chi connectivity index (χ3v) is 4.04. The topological polar surface area (TPSA) is 67.9 Å². The molecule has 1 aliphatic rings. The van der Waals surface area contributed by atoms with E-state index in [1.165, 1.54) is 24.1 Å². The third kappa shape index (κ3) is 4.11. The molecule has 1 N–H and O–H groups in total. The average Bonchev–Trinajstić information content (AvgIpc) is 3.00. The van der Waals surface area contributed by atoms with Gasteiger partial charge in [-0.2, -0.15) is 0 Å². The third-order valence-electron chi connectivity index (χ3n) is 4.04. The number of benzene rings is 2. The van der Waals surface area contributed by atoms with Gasteiger partial charge in [-0.25, -0.2) is 4.39 Å². The summed E-state index contributed by atoms with van der Waals surface area (Å²) in [5, 5.41) is 2.77. The van der Waals surface area contributed by atoms with Gasteiger partial charge in [0.05, 0.1) is 13.2 Å².